The fourth-order valence-electron chi connectivity index (χ4n) is 6.32. The number of rotatable bonds is 8. The van der Waals surface area contributed by atoms with Crippen LogP contribution >= 0.6 is 0 Å². The van der Waals surface area contributed by atoms with Gasteiger partial charge in [-0.3, -0.25) is 0 Å². The number of fused-ring (bicyclic) bond motifs is 1. The van der Waals surface area contributed by atoms with Crippen molar-refractivity contribution in [3.63, 3.8) is 0 Å². The molecule has 1 saturated carbocycles. The van der Waals surface area contributed by atoms with E-state index in [2.05, 4.69) is 16.7 Å². The number of carboxylic acids is 1. The van der Waals surface area contributed by atoms with Gasteiger partial charge in [-0.2, -0.15) is 39.5 Å². The number of halogens is 9. The van der Waals surface area contributed by atoms with E-state index in [0.717, 1.165) is 12.1 Å². The number of ether oxygens (including phenoxy) is 1. The third-order valence-corrected chi connectivity index (χ3v) is 8.87. The Bertz CT molecular complexity index is 1970. The lowest BCUT2D eigenvalue weighted by molar-refractivity contribution is -0.137. The number of allylic oxidation sites excluding steroid dienone is 3. The highest BCUT2D eigenvalue weighted by atomic mass is 19.4. The van der Waals surface area contributed by atoms with Crippen molar-refractivity contribution >= 4 is 11.7 Å². The number of aryl methyl sites for hydroxylation is 1. The highest BCUT2D eigenvalue weighted by molar-refractivity contribution is 5.98. The maximum Gasteiger partial charge on any atom is 0.416 e. The minimum atomic E-state index is -5.17. The SMILES string of the molecule is C=C(/C=C(\C=C(/C)C(F)(F)F)C(F)(F)F)[C@H]1ON=C2[C@H](c3cc(C(F)(F)F)ccc3-c3cc(-c4ccc(C(=O)O)cc4C)cnc3OC)CC[C@H]21. The van der Waals surface area contributed by atoms with Crippen molar-refractivity contribution in [2.45, 2.75) is 57.2 Å². The average Bonchev–Trinajstić information content (AvgIpc) is 3.65. The Morgan fingerprint density at radius 2 is 1.63 bits per heavy atom. The van der Waals surface area contributed by atoms with Gasteiger partial charge in [0.1, 0.15) is 0 Å². The number of aromatic nitrogens is 1. The van der Waals surface area contributed by atoms with Crippen LogP contribution in [-0.4, -0.2) is 47.3 Å². The summed E-state index contributed by atoms with van der Waals surface area (Å²) in [4.78, 5) is 21.3. The standard InChI is InChI=1S/C36H29F9N2O4/c1-17-11-20(33(48)49)5-7-24(17)21-14-29(32(50-4)46-16-21)25-8-6-22(35(40,41)42)15-28(25)26-9-10-27-30(26)47-51-31(27)18(2)12-23(36(43,44)45)13-19(3)34(37,38)39/h5-8,11-16,26-27,31H,2,9-10H2,1,3-4H3,(H,48,49)/b19-13+,23-12+/t26-,27+,31+/m0/s1. The molecule has 51 heavy (non-hydrogen) atoms. The van der Waals surface area contributed by atoms with Crippen LogP contribution in [0.15, 0.2) is 89.3 Å². The summed E-state index contributed by atoms with van der Waals surface area (Å²) in [7, 11) is 1.33. The first-order valence-electron chi connectivity index (χ1n) is 15.3. The second kappa shape index (κ2) is 13.6. The van der Waals surface area contributed by atoms with Crippen LogP contribution in [-0.2, 0) is 11.0 Å². The molecule has 1 aliphatic carbocycles. The summed E-state index contributed by atoms with van der Waals surface area (Å²) in [5, 5.41) is 13.4. The number of nitrogens with zero attached hydrogens (tertiary/aromatic N) is 2. The second-order valence-corrected chi connectivity index (χ2v) is 12.2. The van der Waals surface area contributed by atoms with E-state index < -0.39 is 59.1 Å². The first kappa shape index (κ1) is 37.2. The quantitative estimate of drug-likeness (QED) is 0.185. The number of alkyl halides is 9. The Balaban J connectivity index is 1.56. The Hall–Kier alpha value is -5.08. The van der Waals surface area contributed by atoms with Crippen LogP contribution in [0.1, 0.15) is 52.7 Å². The minimum absolute atomic E-state index is 0.0359. The fourth-order valence-corrected chi connectivity index (χ4v) is 6.32. The molecule has 3 aromatic rings. The molecule has 1 aromatic heterocycles. The first-order valence-corrected chi connectivity index (χ1v) is 15.3. The Morgan fingerprint density at radius 3 is 2.22 bits per heavy atom. The van der Waals surface area contributed by atoms with Gasteiger partial charge in [0.2, 0.25) is 5.88 Å². The Morgan fingerprint density at radius 1 is 0.941 bits per heavy atom. The number of pyridine rings is 1. The zero-order valence-corrected chi connectivity index (χ0v) is 27.1. The van der Waals surface area contributed by atoms with Gasteiger partial charge in [0.25, 0.3) is 0 Å². The molecule has 6 nitrogen and oxygen atoms in total. The van der Waals surface area contributed by atoms with E-state index in [1.165, 1.54) is 31.5 Å². The van der Waals surface area contributed by atoms with Crippen LogP contribution < -0.4 is 4.74 Å². The highest BCUT2D eigenvalue weighted by Gasteiger charge is 2.46. The predicted octanol–water partition coefficient (Wildman–Crippen LogP) is 10.3. The number of carboxylic acid groups (broad SMARTS) is 1. The van der Waals surface area contributed by atoms with Crippen LogP contribution in [0.4, 0.5) is 39.5 Å². The summed E-state index contributed by atoms with van der Waals surface area (Å²) in [6.45, 7) is 5.81. The van der Waals surface area contributed by atoms with Crippen molar-refractivity contribution in [2.75, 3.05) is 7.11 Å². The van der Waals surface area contributed by atoms with Gasteiger partial charge < -0.3 is 14.7 Å². The third-order valence-electron chi connectivity index (χ3n) is 8.87. The first-order chi connectivity index (χ1) is 23.7. The van der Waals surface area contributed by atoms with E-state index in [1.807, 2.05) is 0 Å². The fraction of sp³-hybridized carbons (Fsp3) is 0.306. The molecule has 0 unspecified atom stereocenters. The molecule has 15 heteroatoms. The molecule has 3 atom stereocenters. The molecule has 270 valence electrons. The van der Waals surface area contributed by atoms with Gasteiger partial charge in [-0.15, -0.1) is 0 Å². The van der Waals surface area contributed by atoms with Crippen molar-refractivity contribution in [1.29, 1.82) is 0 Å². The molecule has 0 bridgehead atoms. The van der Waals surface area contributed by atoms with Gasteiger partial charge >= 0.3 is 24.5 Å². The molecule has 1 N–H and O–H groups in total. The number of oxime groups is 1. The van der Waals surface area contributed by atoms with Crippen molar-refractivity contribution < 1.29 is 59.0 Å². The van der Waals surface area contributed by atoms with Gasteiger partial charge in [0, 0.05) is 34.7 Å². The van der Waals surface area contributed by atoms with Gasteiger partial charge in [-0.05, 0) is 97.0 Å². The number of aromatic carboxylic acids is 1. The van der Waals surface area contributed by atoms with Crippen LogP contribution in [0.3, 0.4) is 0 Å². The molecule has 1 aliphatic heterocycles. The summed E-state index contributed by atoms with van der Waals surface area (Å²) < 4.78 is 128. The minimum Gasteiger partial charge on any atom is -0.481 e. The van der Waals surface area contributed by atoms with E-state index in [1.54, 1.807) is 19.1 Å². The maximum atomic E-state index is 14.1. The van der Waals surface area contributed by atoms with E-state index in [4.69, 9.17) is 9.57 Å². The molecule has 1 fully saturated rings. The van der Waals surface area contributed by atoms with Gasteiger partial charge in [-0.25, -0.2) is 9.78 Å². The Labute approximate surface area is 285 Å². The average molecular weight is 725 g/mol. The van der Waals surface area contributed by atoms with Crippen molar-refractivity contribution in [3.8, 4) is 28.1 Å². The van der Waals surface area contributed by atoms with Gasteiger partial charge in [0.05, 0.1) is 29.5 Å². The lowest BCUT2D eigenvalue weighted by atomic mass is 9.85. The normalized spacial score (nSPS) is 19.8. The molecule has 2 aromatic carbocycles. The molecule has 0 spiro atoms. The molecule has 0 saturated heterocycles. The van der Waals surface area contributed by atoms with Crippen molar-refractivity contribution in [3.05, 3.63) is 106 Å². The molecule has 2 heterocycles. The van der Waals surface area contributed by atoms with E-state index in [0.29, 0.717) is 35.3 Å². The maximum absolute atomic E-state index is 14.1. The molecular weight excluding hydrogens is 695 g/mol. The van der Waals surface area contributed by atoms with Gasteiger partial charge in [0.15, 0.2) is 6.10 Å². The summed E-state index contributed by atoms with van der Waals surface area (Å²) in [5.74, 6) is -2.60. The zero-order chi connectivity index (χ0) is 37.6. The summed E-state index contributed by atoms with van der Waals surface area (Å²) in [6, 6.07) is 9.20. The predicted molar refractivity (Wildman–Crippen MR) is 169 cm³/mol. The number of carbonyl (C=O) groups is 1. The number of hydrogen-bond acceptors (Lipinski definition) is 5. The molecule has 0 amide bonds. The van der Waals surface area contributed by atoms with E-state index in [-0.39, 0.29) is 52.8 Å². The van der Waals surface area contributed by atoms with Crippen LogP contribution in [0.5, 0.6) is 5.88 Å². The zero-order valence-electron chi connectivity index (χ0n) is 27.1. The second-order valence-electron chi connectivity index (χ2n) is 12.2. The van der Waals surface area contributed by atoms with Crippen LogP contribution in [0, 0.1) is 12.8 Å². The summed E-state index contributed by atoms with van der Waals surface area (Å²) in [5.41, 5.74) is -1.63. The van der Waals surface area contributed by atoms with E-state index >= 15 is 0 Å². The lowest BCUT2D eigenvalue weighted by Crippen LogP contribution is -2.23. The monoisotopic (exact) mass is 724 g/mol. The smallest absolute Gasteiger partial charge is 0.416 e. The molecule has 0 radical (unpaired) electrons. The van der Waals surface area contributed by atoms with Gasteiger partial charge in [-0.1, -0.05) is 23.9 Å². The largest absolute Gasteiger partial charge is 0.481 e. The number of benzene rings is 2. The number of methoxy groups -OCH3 is 1. The van der Waals surface area contributed by atoms with E-state index in [9.17, 15) is 49.4 Å². The van der Waals surface area contributed by atoms with Crippen LogP contribution in [0.25, 0.3) is 22.3 Å². The highest BCUT2D eigenvalue weighted by Crippen LogP contribution is 2.49. The number of hydrogen-bond donors (Lipinski definition) is 1. The topological polar surface area (TPSA) is 81.0 Å². The van der Waals surface area contributed by atoms with Crippen molar-refractivity contribution in [2.24, 2.45) is 11.1 Å². The third kappa shape index (κ3) is 7.66. The molecular formula is C36H29F9N2O4. The molecule has 5 rings (SSSR count). The summed E-state index contributed by atoms with van der Waals surface area (Å²) in [6.07, 6.45) is -13.8. The van der Waals surface area contributed by atoms with Crippen LogP contribution in [0.2, 0.25) is 0 Å². The Kier molecular flexibility index (Phi) is 9.89. The summed E-state index contributed by atoms with van der Waals surface area (Å²) >= 11 is 0. The molecule has 2 aliphatic rings. The lowest BCUT2D eigenvalue weighted by Gasteiger charge is -2.20. The van der Waals surface area contributed by atoms with Crippen molar-refractivity contribution in [1.82, 2.24) is 4.98 Å².